The van der Waals surface area contributed by atoms with Gasteiger partial charge in [0.1, 0.15) is 5.82 Å². The third kappa shape index (κ3) is 3.47. The van der Waals surface area contributed by atoms with Crippen molar-refractivity contribution in [1.82, 2.24) is 10.3 Å². The molecule has 1 N–H and O–H groups in total. The molecule has 0 spiro atoms. The SMILES string of the molecule is C#CCN(CCC)c1ncccc1C(C)NC. The Balaban J connectivity index is 3.05. The highest BCUT2D eigenvalue weighted by Crippen LogP contribution is 2.23. The second-order valence-electron chi connectivity index (χ2n) is 4.05. The van der Waals surface area contributed by atoms with Crippen molar-refractivity contribution in [3.63, 3.8) is 0 Å². The van der Waals surface area contributed by atoms with Crippen molar-refractivity contribution in [3.8, 4) is 12.3 Å². The Kier molecular flexibility index (Phi) is 5.51. The van der Waals surface area contributed by atoms with E-state index in [2.05, 4.69) is 41.0 Å². The molecule has 0 aliphatic carbocycles. The molecule has 1 aromatic heterocycles. The van der Waals surface area contributed by atoms with Gasteiger partial charge in [0.15, 0.2) is 0 Å². The van der Waals surface area contributed by atoms with E-state index in [0.29, 0.717) is 6.54 Å². The van der Waals surface area contributed by atoms with Crippen LogP contribution < -0.4 is 10.2 Å². The lowest BCUT2D eigenvalue weighted by atomic mass is 10.1. The van der Waals surface area contributed by atoms with Crippen molar-refractivity contribution in [2.45, 2.75) is 26.3 Å². The van der Waals surface area contributed by atoms with Gasteiger partial charge in [-0.3, -0.25) is 0 Å². The molecule has 0 aliphatic heterocycles. The van der Waals surface area contributed by atoms with E-state index in [4.69, 9.17) is 6.42 Å². The van der Waals surface area contributed by atoms with Crippen LogP contribution in [0.1, 0.15) is 31.9 Å². The van der Waals surface area contributed by atoms with Crippen LogP contribution in [-0.4, -0.2) is 25.1 Å². The highest BCUT2D eigenvalue weighted by molar-refractivity contribution is 5.49. The smallest absolute Gasteiger partial charge is 0.134 e. The van der Waals surface area contributed by atoms with Crippen LogP contribution in [0.3, 0.4) is 0 Å². The van der Waals surface area contributed by atoms with Crippen molar-refractivity contribution in [3.05, 3.63) is 23.9 Å². The maximum Gasteiger partial charge on any atom is 0.134 e. The Morgan fingerprint density at radius 2 is 2.35 bits per heavy atom. The zero-order valence-electron chi connectivity index (χ0n) is 10.9. The summed E-state index contributed by atoms with van der Waals surface area (Å²) in [6.45, 7) is 5.81. The van der Waals surface area contributed by atoms with Crippen molar-refractivity contribution >= 4 is 5.82 Å². The summed E-state index contributed by atoms with van der Waals surface area (Å²) in [6.07, 6.45) is 8.30. The van der Waals surface area contributed by atoms with Gasteiger partial charge in [0.2, 0.25) is 0 Å². The first-order chi connectivity index (χ1) is 8.24. The number of hydrogen-bond acceptors (Lipinski definition) is 3. The van der Waals surface area contributed by atoms with E-state index < -0.39 is 0 Å². The summed E-state index contributed by atoms with van der Waals surface area (Å²) in [5.74, 6) is 3.70. The first-order valence-corrected chi connectivity index (χ1v) is 6.05. The zero-order chi connectivity index (χ0) is 12.7. The summed E-state index contributed by atoms with van der Waals surface area (Å²) in [4.78, 5) is 6.63. The van der Waals surface area contributed by atoms with Crippen molar-refractivity contribution < 1.29 is 0 Å². The number of aromatic nitrogens is 1. The Hall–Kier alpha value is -1.53. The summed E-state index contributed by atoms with van der Waals surface area (Å²) in [5, 5.41) is 3.24. The Labute approximate surface area is 104 Å². The number of rotatable bonds is 6. The third-order valence-electron chi connectivity index (χ3n) is 2.79. The molecule has 0 saturated carbocycles. The van der Waals surface area contributed by atoms with Gasteiger partial charge < -0.3 is 10.2 Å². The predicted octanol–water partition coefficient (Wildman–Crippen LogP) is 2.21. The highest BCUT2D eigenvalue weighted by Gasteiger charge is 2.14. The average Bonchev–Trinajstić information content (AvgIpc) is 2.37. The van der Waals surface area contributed by atoms with Gasteiger partial charge in [-0.15, -0.1) is 6.42 Å². The fraction of sp³-hybridized carbons (Fsp3) is 0.500. The van der Waals surface area contributed by atoms with Crippen LogP contribution >= 0.6 is 0 Å². The van der Waals surface area contributed by atoms with Gasteiger partial charge >= 0.3 is 0 Å². The molecule has 0 amide bonds. The zero-order valence-corrected chi connectivity index (χ0v) is 10.9. The Morgan fingerprint density at radius 1 is 1.59 bits per heavy atom. The molecule has 1 atom stereocenters. The van der Waals surface area contributed by atoms with Gasteiger partial charge in [-0.05, 0) is 26.5 Å². The van der Waals surface area contributed by atoms with E-state index in [1.165, 1.54) is 5.56 Å². The van der Waals surface area contributed by atoms with Crippen molar-refractivity contribution in [2.75, 3.05) is 25.0 Å². The van der Waals surface area contributed by atoms with Crippen LogP contribution in [-0.2, 0) is 0 Å². The first kappa shape index (κ1) is 13.5. The Bertz CT molecular complexity index is 381. The largest absolute Gasteiger partial charge is 0.345 e. The molecule has 3 heteroatoms. The highest BCUT2D eigenvalue weighted by atomic mass is 15.2. The molecule has 1 unspecified atom stereocenters. The molecule has 0 radical (unpaired) electrons. The van der Waals surface area contributed by atoms with Crippen LogP contribution in [0.15, 0.2) is 18.3 Å². The molecule has 0 fully saturated rings. The van der Waals surface area contributed by atoms with E-state index >= 15 is 0 Å². The molecular formula is C14H21N3. The second kappa shape index (κ2) is 6.93. The van der Waals surface area contributed by atoms with E-state index in [1.807, 2.05) is 19.3 Å². The molecule has 1 aromatic rings. The van der Waals surface area contributed by atoms with Crippen LogP contribution in [0.4, 0.5) is 5.82 Å². The quantitative estimate of drug-likeness (QED) is 0.761. The van der Waals surface area contributed by atoms with Crippen LogP contribution in [0.5, 0.6) is 0 Å². The number of anilines is 1. The van der Waals surface area contributed by atoms with E-state index in [0.717, 1.165) is 18.8 Å². The van der Waals surface area contributed by atoms with Crippen molar-refractivity contribution in [2.24, 2.45) is 0 Å². The summed E-state index contributed by atoms with van der Waals surface area (Å²) < 4.78 is 0. The molecule has 17 heavy (non-hydrogen) atoms. The van der Waals surface area contributed by atoms with Gasteiger partial charge in [-0.1, -0.05) is 18.9 Å². The molecule has 0 aromatic carbocycles. The second-order valence-corrected chi connectivity index (χ2v) is 4.05. The maximum atomic E-state index is 5.42. The van der Waals surface area contributed by atoms with Crippen LogP contribution in [0, 0.1) is 12.3 Å². The van der Waals surface area contributed by atoms with E-state index in [9.17, 15) is 0 Å². The normalized spacial score (nSPS) is 11.9. The minimum Gasteiger partial charge on any atom is -0.345 e. The minimum absolute atomic E-state index is 0.274. The van der Waals surface area contributed by atoms with E-state index in [1.54, 1.807) is 0 Å². The lowest BCUT2D eigenvalue weighted by molar-refractivity contribution is 0.644. The van der Waals surface area contributed by atoms with E-state index in [-0.39, 0.29) is 6.04 Å². The number of pyridine rings is 1. The summed E-state index contributed by atoms with van der Waals surface area (Å²) >= 11 is 0. The number of nitrogens with zero attached hydrogens (tertiary/aromatic N) is 2. The summed E-state index contributed by atoms with van der Waals surface area (Å²) in [7, 11) is 1.95. The number of hydrogen-bond donors (Lipinski definition) is 1. The minimum atomic E-state index is 0.274. The molecule has 92 valence electrons. The molecule has 0 bridgehead atoms. The molecule has 1 rings (SSSR count). The van der Waals surface area contributed by atoms with Gasteiger partial charge in [0.05, 0.1) is 6.54 Å². The maximum absolute atomic E-state index is 5.42. The third-order valence-corrected chi connectivity index (χ3v) is 2.79. The first-order valence-electron chi connectivity index (χ1n) is 6.05. The number of nitrogens with one attached hydrogen (secondary N) is 1. The molecule has 1 heterocycles. The lowest BCUT2D eigenvalue weighted by Gasteiger charge is -2.25. The van der Waals surface area contributed by atoms with Gasteiger partial charge in [0, 0.05) is 24.3 Å². The van der Waals surface area contributed by atoms with Gasteiger partial charge in [-0.25, -0.2) is 4.98 Å². The van der Waals surface area contributed by atoms with Gasteiger partial charge in [0.25, 0.3) is 0 Å². The van der Waals surface area contributed by atoms with Crippen LogP contribution in [0.2, 0.25) is 0 Å². The standard InChI is InChI=1S/C14H21N3/c1-5-10-17(11-6-2)14-13(12(3)15-4)8-7-9-16-14/h1,7-9,12,15H,6,10-11H2,2-4H3. The van der Waals surface area contributed by atoms with Crippen LogP contribution in [0.25, 0.3) is 0 Å². The predicted molar refractivity (Wildman–Crippen MR) is 73.0 cm³/mol. The van der Waals surface area contributed by atoms with Gasteiger partial charge in [-0.2, -0.15) is 0 Å². The molecule has 0 aliphatic rings. The number of terminal acetylenes is 1. The lowest BCUT2D eigenvalue weighted by Crippen LogP contribution is -2.28. The summed E-state index contributed by atoms with van der Waals surface area (Å²) in [5.41, 5.74) is 1.19. The molecule has 3 nitrogen and oxygen atoms in total. The summed E-state index contributed by atoms with van der Waals surface area (Å²) in [6, 6.07) is 4.34. The average molecular weight is 231 g/mol. The van der Waals surface area contributed by atoms with Crippen molar-refractivity contribution in [1.29, 1.82) is 0 Å². The Morgan fingerprint density at radius 3 is 2.94 bits per heavy atom. The monoisotopic (exact) mass is 231 g/mol. The topological polar surface area (TPSA) is 28.2 Å². The molecule has 0 saturated heterocycles. The fourth-order valence-electron chi connectivity index (χ4n) is 1.81. The fourth-order valence-corrected chi connectivity index (χ4v) is 1.81. The molecular weight excluding hydrogens is 210 g/mol.